The molecule has 1 unspecified atom stereocenters. The normalized spacial score (nSPS) is 16.8. The van der Waals surface area contributed by atoms with E-state index in [0.29, 0.717) is 48.3 Å². The first-order valence-corrected chi connectivity index (χ1v) is 11.8. The second-order valence-corrected chi connectivity index (χ2v) is 9.87. The van der Waals surface area contributed by atoms with Gasteiger partial charge >= 0.3 is 0 Å². The number of likely N-dealkylation sites (tertiary alicyclic amines) is 1. The molecule has 6 nitrogen and oxygen atoms in total. The monoisotopic (exact) mass is 467 g/mol. The van der Waals surface area contributed by atoms with Gasteiger partial charge in [-0.1, -0.05) is 55.8 Å². The molecule has 33 heavy (non-hydrogen) atoms. The lowest BCUT2D eigenvalue weighted by Crippen LogP contribution is -2.51. The SMILES string of the molecule is CC(C)C(Cc1ccccc1)C(=O)N1CCC(O)(Cn2cnc3cc(Cl)ccc3c2=O)CC1. The van der Waals surface area contributed by atoms with Crippen molar-refractivity contribution in [1.82, 2.24) is 14.5 Å². The van der Waals surface area contributed by atoms with Crippen molar-refractivity contribution in [2.45, 2.75) is 45.3 Å². The Morgan fingerprint density at radius 3 is 2.52 bits per heavy atom. The number of carbonyl (C=O) groups is 1. The summed E-state index contributed by atoms with van der Waals surface area (Å²) in [4.78, 5) is 32.4. The fourth-order valence-electron chi connectivity index (χ4n) is 4.57. The van der Waals surface area contributed by atoms with Crippen LogP contribution in [0.3, 0.4) is 0 Å². The van der Waals surface area contributed by atoms with Gasteiger partial charge in [-0.15, -0.1) is 0 Å². The topological polar surface area (TPSA) is 75.4 Å². The number of aliphatic hydroxyl groups is 1. The first kappa shape index (κ1) is 23.5. The predicted octanol–water partition coefficient (Wildman–Crippen LogP) is 3.92. The van der Waals surface area contributed by atoms with Crippen LogP contribution in [0.25, 0.3) is 10.9 Å². The molecule has 2 heterocycles. The molecule has 1 aliphatic heterocycles. The minimum Gasteiger partial charge on any atom is -0.388 e. The maximum absolute atomic E-state index is 13.3. The lowest BCUT2D eigenvalue weighted by molar-refractivity contribution is -0.141. The molecule has 4 rings (SSSR count). The maximum Gasteiger partial charge on any atom is 0.261 e. The highest BCUT2D eigenvalue weighted by Gasteiger charge is 2.37. The number of piperidine rings is 1. The Hall–Kier alpha value is -2.70. The van der Waals surface area contributed by atoms with Crippen molar-refractivity contribution < 1.29 is 9.90 Å². The molecule has 0 saturated carbocycles. The Balaban J connectivity index is 1.43. The third-order valence-corrected chi connectivity index (χ3v) is 6.91. The lowest BCUT2D eigenvalue weighted by atomic mass is 9.86. The van der Waals surface area contributed by atoms with Crippen molar-refractivity contribution in [3.8, 4) is 0 Å². The molecule has 0 spiro atoms. The van der Waals surface area contributed by atoms with Crippen molar-refractivity contribution in [3.05, 3.63) is 75.8 Å². The van der Waals surface area contributed by atoms with Crippen molar-refractivity contribution in [2.75, 3.05) is 13.1 Å². The summed E-state index contributed by atoms with van der Waals surface area (Å²) in [6.45, 7) is 5.25. The van der Waals surface area contributed by atoms with Crippen molar-refractivity contribution in [3.63, 3.8) is 0 Å². The molecule has 7 heteroatoms. The molecule has 1 aromatic heterocycles. The summed E-state index contributed by atoms with van der Waals surface area (Å²) < 4.78 is 1.46. The Morgan fingerprint density at radius 2 is 1.85 bits per heavy atom. The smallest absolute Gasteiger partial charge is 0.261 e. The van der Waals surface area contributed by atoms with E-state index in [4.69, 9.17) is 11.6 Å². The van der Waals surface area contributed by atoms with Crippen LogP contribution in [0.15, 0.2) is 59.7 Å². The molecule has 3 aromatic rings. The quantitative estimate of drug-likeness (QED) is 0.596. The number of amides is 1. The lowest BCUT2D eigenvalue weighted by Gasteiger charge is -2.40. The van der Waals surface area contributed by atoms with Gasteiger partial charge in [0.25, 0.3) is 5.56 Å². The number of halogens is 1. The van der Waals surface area contributed by atoms with Gasteiger partial charge in [-0.2, -0.15) is 0 Å². The Morgan fingerprint density at radius 1 is 1.15 bits per heavy atom. The molecular weight excluding hydrogens is 438 g/mol. The van der Waals surface area contributed by atoms with E-state index in [1.165, 1.54) is 10.9 Å². The number of aromatic nitrogens is 2. The van der Waals surface area contributed by atoms with Gasteiger partial charge in [0.05, 0.1) is 29.4 Å². The zero-order valence-electron chi connectivity index (χ0n) is 19.1. The number of carbonyl (C=O) groups excluding carboxylic acids is 1. The highest BCUT2D eigenvalue weighted by molar-refractivity contribution is 6.31. The first-order valence-electron chi connectivity index (χ1n) is 11.5. The van der Waals surface area contributed by atoms with Gasteiger partial charge in [0.2, 0.25) is 5.91 Å². The van der Waals surface area contributed by atoms with E-state index in [1.54, 1.807) is 18.2 Å². The van der Waals surface area contributed by atoms with E-state index < -0.39 is 5.60 Å². The summed E-state index contributed by atoms with van der Waals surface area (Å²) in [7, 11) is 0. The fraction of sp³-hybridized carbons (Fsp3) is 0.423. The van der Waals surface area contributed by atoms with E-state index >= 15 is 0 Å². The van der Waals surface area contributed by atoms with Crippen molar-refractivity contribution in [1.29, 1.82) is 0 Å². The molecular formula is C26H30ClN3O3. The average Bonchev–Trinajstić information content (AvgIpc) is 2.80. The summed E-state index contributed by atoms with van der Waals surface area (Å²) in [5.41, 5.74) is 0.429. The van der Waals surface area contributed by atoms with Crippen LogP contribution < -0.4 is 5.56 Å². The maximum atomic E-state index is 13.3. The van der Waals surface area contributed by atoms with Crippen LogP contribution in [0.1, 0.15) is 32.3 Å². The van der Waals surface area contributed by atoms with Crippen molar-refractivity contribution >= 4 is 28.4 Å². The van der Waals surface area contributed by atoms with E-state index in [9.17, 15) is 14.7 Å². The number of benzene rings is 2. The fourth-order valence-corrected chi connectivity index (χ4v) is 4.74. The van der Waals surface area contributed by atoms with Crippen LogP contribution in [0.2, 0.25) is 5.02 Å². The second kappa shape index (κ2) is 9.65. The van der Waals surface area contributed by atoms with Crippen LogP contribution in [0, 0.1) is 11.8 Å². The third-order valence-electron chi connectivity index (χ3n) is 6.68. The molecule has 2 aromatic carbocycles. The molecule has 1 N–H and O–H groups in total. The molecule has 1 fully saturated rings. The Labute approximate surface area is 198 Å². The van der Waals surface area contributed by atoms with Crippen LogP contribution in [0.4, 0.5) is 0 Å². The van der Waals surface area contributed by atoms with E-state index in [1.807, 2.05) is 23.1 Å². The zero-order valence-corrected chi connectivity index (χ0v) is 19.8. The number of nitrogens with zero attached hydrogens (tertiary/aromatic N) is 3. The standard InChI is InChI=1S/C26H30ClN3O3/c1-18(2)22(14-19-6-4-3-5-7-19)25(32)29-12-10-26(33,11-13-29)16-30-17-28-23-15-20(27)8-9-21(23)24(30)31/h3-9,15,17-18,22,33H,10-14,16H2,1-2H3. The first-order chi connectivity index (χ1) is 15.8. The number of hydrogen-bond donors (Lipinski definition) is 1. The van der Waals surface area contributed by atoms with Gasteiger partial charge in [0.15, 0.2) is 0 Å². The highest BCUT2D eigenvalue weighted by Crippen LogP contribution is 2.27. The van der Waals surface area contributed by atoms with Crippen molar-refractivity contribution in [2.24, 2.45) is 11.8 Å². The van der Waals surface area contributed by atoms with Crippen LogP contribution in [-0.4, -0.2) is 44.2 Å². The van der Waals surface area contributed by atoms with Gasteiger partial charge in [0, 0.05) is 24.0 Å². The second-order valence-electron chi connectivity index (χ2n) is 9.43. The summed E-state index contributed by atoms with van der Waals surface area (Å²) in [6, 6.07) is 15.1. The van der Waals surface area contributed by atoms with Gasteiger partial charge in [-0.05, 0) is 48.9 Å². The van der Waals surface area contributed by atoms with E-state index in [-0.39, 0.29) is 29.8 Å². The largest absolute Gasteiger partial charge is 0.388 e. The minimum atomic E-state index is -1.06. The summed E-state index contributed by atoms with van der Waals surface area (Å²) in [6.07, 6.45) is 3.01. The molecule has 0 aliphatic carbocycles. The Bertz CT molecular complexity index is 1180. The molecule has 0 bridgehead atoms. The molecule has 1 saturated heterocycles. The summed E-state index contributed by atoms with van der Waals surface area (Å²) in [5.74, 6) is 0.254. The number of rotatable bonds is 6. The molecule has 1 atom stereocenters. The van der Waals surface area contributed by atoms with Gasteiger partial charge in [0.1, 0.15) is 0 Å². The molecule has 0 radical (unpaired) electrons. The molecule has 1 aliphatic rings. The van der Waals surface area contributed by atoms with E-state index in [2.05, 4.69) is 31.0 Å². The Kier molecular flexibility index (Phi) is 6.86. The van der Waals surface area contributed by atoms with E-state index in [0.717, 1.165) is 5.56 Å². The minimum absolute atomic E-state index is 0.0993. The van der Waals surface area contributed by atoms with Crippen LogP contribution in [-0.2, 0) is 17.8 Å². The van der Waals surface area contributed by atoms with Gasteiger partial charge in [-0.3, -0.25) is 14.2 Å². The summed E-state index contributed by atoms with van der Waals surface area (Å²) >= 11 is 5.99. The highest BCUT2D eigenvalue weighted by atomic mass is 35.5. The van der Waals surface area contributed by atoms with Crippen LogP contribution >= 0.6 is 11.6 Å². The van der Waals surface area contributed by atoms with Crippen LogP contribution in [0.5, 0.6) is 0 Å². The van der Waals surface area contributed by atoms with Gasteiger partial charge < -0.3 is 10.0 Å². The molecule has 174 valence electrons. The summed E-state index contributed by atoms with van der Waals surface area (Å²) in [5, 5.41) is 12.2. The third kappa shape index (κ3) is 5.28. The number of hydrogen-bond acceptors (Lipinski definition) is 4. The average molecular weight is 468 g/mol. The molecule has 1 amide bonds. The predicted molar refractivity (Wildman–Crippen MR) is 130 cm³/mol. The number of fused-ring (bicyclic) bond motifs is 1. The zero-order chi connectivity index (χ0) is 23.6. The van der Waals surface area contributed by atoms with Gasteiger partial charge in [-0.25, -0.2) is 4.98 Å².